The number of hydrogen-bond donors (Lipinski definition) is 2. The van der Waals surface area contributed by atoms with Gasteiger partial charge in [0.15, 0.2) is 0 Å². The molecule has 0 atom stereocenters. The van der Waals surface area contributed by atoms with Crippen LogP contribution in [0.4, 0.5) is 5.69 Å². The Hall–Kier alpha value is -1.59. The molecule has 3 rings (SSSR count). The van der Waals surface area contributed by atoms with E-state index in [4.69, 9.17) is 0 Å². The fraction of sp³-hybridized carbons (Fsp3) is 0.118. The van der Waals surface area contributed by atoms with E-state index in [9.17, 15) is 5.11 Å². The number of phenols is 1. The molecule has 3 aromatic rings. The predicted molar refractivity (Wildman–Crippen MR) is 97.4 cm³/mol. The van der Waals surface area contributed by atoms with Gasteiger partial charge in [-0.05, 0) is 74.2 Å². The van der Waals surface area contributed by atoms with E-state index < -0.39 is 0 Å². The van der Waals surface area contributed by atoms with Crippen molar-refractivity contribution in [3.05, 3.63) is 63.2 Å². The lowest BCUT2D eigenvalue weighted by Crippen LogP contribution is -2.05. The van der Waals surface area contributed by atoms with Crippen molar-refractivity contribution < 1.29 is 5.11 Å². The standard InChI is InChI=1S/C17H14Br2N2O/c18-14-8-11(9-15(19)17(14)22)5-7-20-13-4-3-12-2-1-6-21-16(12)10-13/h1-4,6,8-10,20,22H,5,7H2. The van der Waals surface area contributed by atoms with Crippen molar-refractivity contribution in [2.45, 2.75) is 6.42 Å². The molecule has 1 heterocycles. The minimum atomic E-state index is 0.234. The van der Waals surface area contributed by atoms with Crippen LogP contribution in [0, 0.1) is 0 Å². The summed E-state index contributed by atoms with van der Waals surface area (Å²) in [6.45, 7) is 0.808. The second kappa shape index (κ2) is 6.67. The zero-order valence-electron chi connectivity index (χ0n) is 11.7. The number of nitrogens with one attached hydrogen (secondary N) is 1. The van der Waals surface area contributed by atoms with E-state index in [2.05, 4.69) is 66.4 Å². The number of halogens is 2. The lowest BCUT2D eigenvalue weighted by atomic mass is 10.1. The highest BCUT2D eigenvalue weighted by atomic mass is 79.9. The van der Waals surface area contributed by atoms with Crippen LogP contribution < -0.4 is 5.32 Å². The van der Waals surface area contributed by atoms with E-state index in [-0.39, 0.29) is 5.75 Å². The van der Waals surface area contributed by atoms with Crippen LogP contribution in [0.5, 0.6) is 5.75 Å². The van der Waals surface area contributed by atoms with E-state index >= 15 is 0 Å². The summed E-state index contributed by atoms with van der Waals surface area (Å²) >= 11 is 6.70. The molecule has 0 saturated heterocycles. The van der Waals surface area contributed by atoms with Crippen LogP contribution in [0.25, 0.3) is 10.9 Å². The van der Waals surface area contributed by atoms with Crippen LogP contribution >= 0.6 is 31.9 Å². The molecule has 0 unspecified atom stereocenters. The van der Waals surface area contributed by atoms with E-state index in [1.54, 1.807) is 6.20 Å². The minimum absolute atomic E-state index is 0.234. The normalized spacial score (nSPS) is 10.8. The molecule has 0 bridgehead atoms. The van der Waals surface area contributed by atoms with Crippen LogP contribution in [0.3, 0.4) is 0 Å². The Morgan fingerprint density at radius 3 is 2.59 bits per heavy atom. The number of pyridine rings is 1. The van der Waals surface area contributed by atoms with Crippen molar-refractivity contribution in [3.63, 3.8) is 0 Å². The summed E-state index contributed by atoms with van der Waals surface area (Å²) in [4.78, 5) is 4.36. The van der Waals surface area contributed by atoms with Gasteiger partial charge in [-0.15, -0.1) is 0 Å². The van der Waals surface area contributed by atoms with Gasteiger partial charge in [0.1, 0.15) is 5.75 Å². The molecule has 0 aliphatic heterocycles. The molecule has 0 spiro atoms. The Bertz CT molecular complexity index is 798. The average Bonchev–Trinajstić information content (AvgIpc) is 2.52. The fourth-order valence-electron chi connectivity index (χ4n) is 2.29. The SMILES string of the molecule is Oc1c(Br)cc(CCNc2ccc3cccnc3c2)cc1Br. The first-order valence-corrected chi connectivity index (χ1v) is 8.47. The van der Waals surface area contributed by atoms with Gasteiger partial charge in [0.25, 0.3) is 0 Å². The summed E-state index contributed by atoms with van der Waals surface area (Å²) in [7, 11) is 0. The van der Waals surface area contributed by atoms with Crippen molar-refractivity contribution in [2.75, 3.05) is 11.9 Å². The summed E-state index contributed by atoms with van der Waals surface area (Å²) in [5.74, 6) is 0.234. The summed E-state index contributed by atoms with van der Waals surface area (Å²) < 4.78 is 1.40. The monoisotopic (exact) mass is 420 g/mol. The highest BCUT2D eigenvalue weighted by Crippen LogP contribution is 2.33. The Balaban J connectivity index is 1.67. The summed E-state index contributed by atoms with van der Waals surface area (Å²) in [6, 6.07) is 14.0. The Morgan fingerprint density at radius 1 is 1.05 bits per heavy atom. The summed E-state index contributed by atoms with van der Waals surface area (Å²) in [5.41, 5.74) is 3.19. The molecular formula is C17H14Br2N2O. The fourth-order valence-corrected chi connectivity index (χ4v) is 3.57. The second-order valence-corrected chi connectivity index (χ2v) is 6.70. The van der Waals surface area contributed by atoms with Crippen LogP contribution in [0.15, 0.2) is 57.6 Å². The Labute approximate surface area is 145 Å². The van der Waals surface area contributed by atoms with Crippen molar-refractivity contribution in [1.82, 2.24) is 4.98 Å². The topological polar surface area (TPSA) is 45.1 Å². The first-order valence-electron chi connectivity index (χ1n) is 6.89. The third kappa shape index (κ3) is 3.42. The molecule has 112 valence electrons. The zero-order chi connectivity index (χ0) is 15.5. The highest BCUT2D eigenvalue weighted by molar-refractivity contribution is 9.11. The van der Waals surface area contributed by atoms with Gasteiger partial charge in [-0.2, -0.15) is 0 Å². The van der Waals surface area contributed by atoms with Crippen LogP contribution in [0.1, 0.15) is 5.56 Å². The van der Waals surface area contributed by atoms with Gasteiger partial charge >= 0.3 is 0 Å². The van der Waals surface area contributed by atoms with Gasteiger partial charge in [-0.3, -0.25) is 4.98 Å². The van der Waals surface area contributed by atoms with E-state index in [0.29, 0.717) is 8.95 Å². The minimum Gasteiger partial charge on any atom is -0.506 e. The number of phenolic OH excluding ortho intramolecular Hbond substituents is 1. The molecule has 3 nitrogen and oxygen atoms in total. The molecule has 22 heavy (non-hydrogen) atoms. The lowest BCUT2D eigenvalue weighted by molar-refractivity contribution is 0.468. The van der Waals surface area contributed by atoms with Gasteiger partial charge in [-0.1, -0.05) is 12.1 Å². The molecule has 0 fully saturated rings. The molecule has 0 aliphatic carbocycles. The molecule has 0 amide bonds. The Morgan fingerprint density at radius 2 is 1.82 bits per heavy atom. The molecule has 2 N–H and O–H groups in total. The third-order valence-electron chi connectivity index (χ3n) is 3.43. The highest BCUT2D eigenvalue weighted by Gasteiger charge is 2.05. The second-order valence-electron chi connectivity index (χ2n) is 5.00. The number of aromatic hydroxyl groups is 1. The van der Waals surface area contributed by atoms with Crippen molar-refractivity contribution in [1.29, 1.82) is 0 Å². The number of nitrogens with zero attached hydrogens (tertiary/aromatic N) is 1. The van der Waals surface area contributed by atoms with E-state index in [1.165, 1.54) is 0 Å². The van der Waals surface area contributed by atoms with Gasteiger partial charge in [0.05, 0.1) is 14.5 Å². The van der Waals surface area contributed by atoms with E-state index in [1.807, 2.05) is 18.2 Å². The van der Waals surface area contributed by atoms with Crippen LogP contribution in [0.2, 0.25) is 0 Å². The van der Waals surface area contributed by atoms with Crippen LogP contribution in [-0.4, -0.2) is 16.6 Å². The van der Waals surface area contributed by atoms with Gasteiger partial charge in [0, 0.05) is 23.8 Å². The molecule has 0 aliphatic rings. The largest absolute Gasteiger partial charge is 0.506 e. The zero-order valence-corrected chi connectivity index (χ0v) is 14.9. The smallest absolute Gasteiger partial charge is 0.143 e. The Kier molecular flexibility index (Phi) is 4.64. The van der Waals surface area contributed by atoms with Crippen molar-refractivity contribution in [3.8, 4) is 5.75 Å². The number of fused-ring (bicyclic) bond motifs is 1. The molecule has 5 heteroatoms. The molecule has 0 saturated carbocycles. The first-order chi connectivity index (χ1) is 10.6. The maximum atomic E-state index is 9.72. The number of hydrogen-bond acceptors (Lipinski definition) is 3. The first kappa shape index (κ1) is 15.3. The number of benzene rings is 2. The van der Waals surface area contributed by atoms with Gasteiger partial charge in [-0.25, -0.2) is 0 Å². The van der Waals surface area contributed by atoms with E-state index in [0.717, 1.165) is 35.1 Å². The van der Waals surface area contributed by atoms with Crippen LogP contribution in [-0.2, 0) is 6.42 Å². The predicted octanol–water partition coefficient (Wildman–Crippen LogP) is 5.12. The molecule has 2 aromatic carbocycles. The molecule has 1 aromatic heterocycles. The quantitative estimate of drug-likeness (QED) is 0.614. The van der Waals surface area contributed by atoms with Crippen molar-refractivity contribution >= 4 is 48.5 Å². The van der Waals surface area contributed by atoms with Gasteiger partial charge < -0.3 is 10.4 Å². The number of rotatable bonds is 4. The lowest BCUT2D eigenvalue weighted by Gasteiger charge is -2.09. The summed E-state index contributed by atoms with van der Waals surface area (Å²) in [5, 5.41) is 14.3. The van der Waals surface area contributed by atoms with Crippen molar-refractivity contribution in [2.24, 2.45) is 0 Å². The molecule has 0 radical (unpaired) electrons. The number of anilines is 1. The van der Waals surface area contributed by atoms with Gasteiger partial charge in [0.2, 0.25) is 0 Å². The third-order valence-corrected chi connectivity index (χ3v) is 4.63. The average molecular weight is 422 g/mol. The maximum absolute atomic E-state index is 9.72. The number of aromatic nitrogens is 1. The molecular weight excluding hydrogens is 408 g/mol. The maximum Gasteiger partial charge on any atom is 0.143 e. The summed E-state index contributed by atoms with van der Waals surface area (Å²) in [6.07, 6.45) is 2.66.